The van der Waals surface area contributed by atoms with Gasteiger partial charge >= 0.3 is 17.9 Å². The molecule has 0 aromatic rings. The number of nitrogens with zero attached hydrogens (tertiary/aromatic N) is 1. The fourth-order valence-corrected chi connectivity index (χ4v) is 5.84. The molecular weight excluding hydrogens is 727 g/mol. The van der Waals surface area contributed by atoms with E-state index in [1.54, 1.807) is 0 Å². The molecule has 58 heavy (non-hydrogen) atoms. The summed E-state index contributed by atoms with van der Waals surface area (Å²) in [5.74, 6) is -1.54. The third-order valence-corrected chi connectivity index (χ3v) is 9.23. The van der Waals surface area contributed by atoms with Crippen LogP contribution in [0, 0.1) is 0 Å². The van der Waals surface area contributed by atoms with E-state index in [1.807, 2.05) is 21.1 Å². The van der Waals surface area contributed by atoms with Gasteiger partial charge in [-0.05, 0) is 89.9 Å². The van der Waals surface area contributed by atoms with E-state index in [2.05, 4.69) is 111 Å². The van der Waals surface area contributed by atoms with Crippen LogP contribution in [0.5, 0.6) is 0 Å². The van der Waals surface area contributed by atoms with Gasteiger partial charge in [0.2, 0.25) is 0 Å². The number of likely N-dealkylation sites (N-methyl/N-ethyl adjacent to an activating group) is 1. The number of carbonyl (C=O) groups is 3. The average molecular weight is 809 g/mol. The van der Waals surface area contributed by atoms with Crippen molar-refractivity contribution >= 4 is 17.9 Å². The van der Waals surface area contributed by atoms with Crippen molar-refractivity contribution in [3.63, 3.8) is 0 Å². The van der Waals surface area contributed by atoms with Gasteiger partial charge in [0.25, 0.3) is 0 Å². The maximum Gasteiger partial charge on any atom is 0.362 e. The molecule has 0 radical (unpaired) electrons. The average Bonchev–Trinajstić information content (AvgIpc) is 3.18. The molecule has 0 bridgehead atoms. The summed E-state index contributed by atoms with van der Waals surface area (Å²) >= 11 is 0. The van der Waals surface area contributed by atoms with Crippen LogP contribution in [0.1, 0.15) is 149 Å². The second-order valence-corrected chi connectivity index (χ2v) is 15.5. The van der Waals surface area contributed by atoms with Crippen LogP contribution in [-0.4, -0.2) is 80.6 Å². The predicted molar refractivity (Wildman–Crippen MR) is 243 cm³/mol. The minimum atomic E-state index is -0.888. The Hall–Kier alpha value is -3.75. The van der Waals surface area contributed by atoms with E-state index in [0.29, 0.717) is 12.8 Å². The zero-order valence-corrected chi connectivity index (χ0v) is 37.2. The summed E-state index contributed by atoms with van der Waals surface area (Å²) in [6.07, 6.45) is 53.0. The largest absolute Gasteiger partial charge is 0.477 e. The molecule has 1 N–H and O–H groups in total. The van der Waals surface area contributed by atoms with Crippen LogP contribution in [0.4, 0.5) is 0 Å². The van der Waals surface area contributed by atoms with E-state index in [4.69, 9.17) is 14.2 Å². The van der Waals surface area contributed by atoms with Crippen molar-refractivity contribution in [3.8, 4) is 0 Å². The predicted octanol–water partition coefficient (Wildman–Crippen LogP) is 12.3. The Morgan fingerprint density at radius 1 is 0.517 bits per heavy atom. The second-order valence-electron chi connectivity index (χ2n) is 15.5. The molecule has 8 nitrogen and oxygen atoms in total. The van der Waals surface area contributed by atoms with Gasteiger partial charge in [-0.25, -0.2) is 4.79 Å². The lowest BCUT2D eigenvalue weighted by atomic mass is 10.1. The summed E-state index contributed by atoms with van der Waals surface area (Å²) in [5, 5.41) is 9.62. The number of carboxylic acid groups (broad SMARTS) is 1. The van der Waals surface area contributed by atoms with Gasteiger partial charge < -0.3 is 23.8 Å². The van der Waals surface area contributed by atoms with Gasteiger partial charge in [-0.2, -0.15) is 0 Å². The fraction of sp³-hybridized carbons (Fsp3) is 0.620. The Kier molecular flexibility index (Phi) is 37.5. The second kappa shape index (κ2) is 40.0. The van der Waals surface area contributed by atoms with Gasteiger partial charge in [0.15, 0.2) is 12.1 Å². The lowest BCUT2D eigenvalue weighted by molar-refractivity contribution is -0.887. The third kappa shape index (κ3) is 37.8. The van der Waals surface area contributed by atoms with Gasteiger partial charge in [0.05, 0.1) is 34.4 Å². The molecule has 2 unspecified atom stereocenters. The summed E-state index contributed by atoms with van der Waals surface area (Å²) in [7, 11) is 5.50. The van der Waals surface area contributed by atoms with E-state index >= 15 is 0 Å². The van der Waals surface area contributed by atoms with Crippen molar-refractivity contribution in [2.45, 2.75) is 161 Å². The molecule has 0 aliphatic carbocycles. The number of esters is 2. The number of aliphatic carboxylic acids is 1. The van der Waals surface area contributed by atoms with Gasteiger partial charge in [-0.15, -0.1) is 0 Å². The van der Waals surface area contributed by atoms with Crippen LogP contribution in [0.25, 0.3) is 0 Å². The number of hydrogen-bond donors (Lipinski definition) is 1. The molecule has 0 heterocycles. The molecule has 0 aliphatic rings. The Balaban J connectivity index is 4.45. The van der Waals surface area contributed by atoms with Crippen LogP contribution in [-0.2, 0) is 28.6 Å². The van der Waals surface area contributed by atoms with Crippen LogP contribution < -0.4 is 0 Å². The number of rotatable bonds is 38. The molecule has 0 aliphatic heterocycles. The minimum Gasteiger partial charge on any atom is -0.477 e. The monoisotopic (exact) mass is 809 g/mol. The first kappa shape index (κ1) is 54.2. The Morgan fingerprint density at radius 3 is 1.33 bits per heavy atom. The van der Waals surface area contributed by atoms with Gasteiger partial charge in [-0.1, -0.05) is 137 Å². The van der Waals surface area contributed by atoms with E-state index in [0.717, 1.165) is 116 Å². The van der Waals surface area contributed by atoms with Crippen LogP contribution in [0.3, 0.4) is 0 Å². The van der Waals surface area contributed by atoms with Crippen molar-refractivity contribution in [1.29, 1.82) is 0 Å². The molecule has 328 valence electrons. The van der Waals surface area contributed by atoms with Crippen molar-refractivity contribution in [3.05, 3.63) is 97.2 Å². The normalized spacial score (nSPS) is 13.9. The van der Waals surface area contributed by atoms with Crippen molar-refractivity contribution in [2.24, 2.45) is 0 Å². The molecule has 0 saturated carbocycles. The first-order valence-electron chi connectivity index (χ1n) is 22.3. The van der Waals surface area contributed by atoms with E-state index in [-0.39, 0.29) is 42.7 Å². The number of carboxylic acids is 1. The van der Waals surface area contributed by atoms with Crippen molar-refractivity contribution in [2.75, 3.05) is 41.0 Å². The van der Waals surface area contributed by atoms with Gasteiger partial charge in [0, 0.05) is 19.3 Å². The van der Waals surface area contributed by atoms with Crippen LogP contribution in [0.15, 0.2) is 97.2 Å². The molecule has 0 amide bonds. The van der Waals surface area contributed by atoms with E-state index < -0.39 is 18.1 Å². The molecule has 0 fully saturated rings. The van der Waals surface area contributed by atoms with Gasteiger partial charge in [-0.3, -0.25) is 9.59 Å². The highest BCUT2D eigenvalue weighted by Crippen LogP contribution is 2.12. The molecule has 0 aromatic carbocycles. The standard InChI is InChI=1S/C50H81NO7/c1-6-8-10-12-14-16-18-20-22-24-26-28-30-32-34-36-38-40-48(52)57-45-46(44-56-43-42-47(50(54)55)51(3,4)5)58-49(53)41-39-37-35-33-31-29-27-25-23-21-19-17-15-13-11-9-7-2/h8-11,14-17,20-23,26-29,46-47H,6-7,12-13,18-19,24-25,30-45H2,1-5H3/p+1/b10-8-,11-9-,16-14-,17-15-,22-20-,23-21-,28-26-,29-27-. The number of ether oxygens (including phenoxy) is 3. The summed E-state index contributed by atoms with van der Waals surface area (Å²) in [5.41, 5.74) is 0. The zero-order chi connectivity index (χ0) is 42.8. The maximum atomic E-state index is 12.7. The summed E-state index contributed by atoms with van der Waals surface area (Å²) in [6, 6.07) is -0.629. The first-order valence-corrected chi connectivity index (χ1v) is 22.3. The summed E-state index contributed by atoms with van der Waals surface area (Å²) < 4.78 is 17.2. The third-order valence-electron chi connectivity index (χ3n) is 9.23. The van der Waals surface area contributed by atoms with Crippen LogP contribution in [0.2, 0.25) is 0 Å². The van der Waals surface area contributed by atoms with Crippen molar-refractivity contribution < 1.29 is 38.2 Å². The molecule has 0 saturated heterocycles. The SMILES string of the molecule is CC/C=C\C/C=C\C/C=C\C/C=C\CCCCCCC(=O)OCC(COCCC(C(=O)O)[N+](C)(C)C)OC(=O)CCCCCC/C=C\C/C=C\C/C=C\C/C=C\CC. The molecule has 2 atom stereocenters. The molecular formula is C50H82NO7+. The summed E-state index contributed by atoms with van der Waals surface area (Å²) in [4.78, 5) is 37.0. The molecule has 0 aromatic heterocycles. The number of carbonyl (C=O) groups excluding carboxylic acids is 2. The molecule has 0 spiro atoms. The molecule has 0 rings (SSSR count). The van der Waals surface area contributed by atoms with Crippen molar-refractivity contribution in [1.82, 2.24) is 0 Å². The topological polar surface area (TPSA) is 99.1 Å². The van der Waals surface area contributed by atoms with Gasteiger partial charge in [0.1, 0.15) is 6.61 Å². The number of hydrogen-bond acceptors (Lipinski definition) is 6. The smallest absolute Gasteiger partial charge is 0.362 e. The Bertz CT molecular complexity index is 1260. The minimum absolute atomic E-state index is 0.0364. The fourth-order valence-electron chi connectivity index (χ4n) is 5.84. The number of allylic oxidation sites excluding steroid dienone is 16. The highest BCUT2D eigenvalue weighted by molar-refractivity contribution is 5.72. The lowest BCUT2D eigenvalue weighted by Gasteiger charge is -2.31. The number of quaternary nitrogens is 1. The molecule has 8 heteroatoms. The van der Waals surface area contributed by atoms with E-state index in [1.165, 1.54) is 0 Å². The van der Waals surface area contributed by atoms with Crippen LogP contribution >= 0.6 is 0 Å². The highest BCUT2D eigenvalue weighted by atomic mass is 16.6. The quantitative estimate of drug-likeness (QED) is 0.0287. The number of unbranched alkanes of at least 4 members (excludes halogenated alkanes) is 8. The Labute approximate surface area is 354 Å². The highest BCUT2D eigenvalue weighted by Gasteiger charge is 2.31. The van der Waals surface area contributed by atoms with E-state index in [9.17, 15) is 19.5 Å². The first-order chi connectivity index (χ1) is 28.1. The maximum absolute atomic E-state index is 12.7. The lowest BCUT2D eigenvalue weighted by Crippen LogP contribution is -2.50. The zero-order valence-electron chi connectivity index (χ0n) is 37.2. The Morgan fingerprint density at radius 2 is 0.914 bits per heavy atom. The summed E-state index contributed by atoms with van der Waals surface area (Å²) in [6.45, 7) is 4.43.